The molecule has 0 aliphatic carbocycles. The number of ether oxygens (including phenoxy) is 2. The molecule has 2 saturated heterocycles. The molecule has 0 radical (unpaired) electrons. The number of rotatable bonds is 7. The Bertz CT molecular complexity index is 584. The fourth-order valence-corrected chi connectivity index (χ4v) is 3.09. The Morgan fingerprint density at radius 1 is 1.22 bits per heavy atom. The maximum absolute atomic E-state index is 5.69. The SMILES string of the molecule is Cc1nnc(CN=C(NCCN2CCOCC2)NCC2CCCO2)n1C.I. The summed E-state index contributed by atoms with van der Waals surface area (Å²) in [5.41, 5.74) is 0. The summed E-state index contributed by atoms with van der Waals surface area (Å²) in [5.74, 6) is 2.55. The van der Waals surface area contributed by atoms with E-state index in [4.69, 9.17) is 9.47 Å². The molecule has 2 fully saturated rings. The summed E-state index contributed by atoms with van der Waals surface area (Å²) in [6.07, 6.45) is 2.52. The third-order valence-electron chi connectivity index (χ3n) is 4.91. The first kappa shape index (κ1) is 22.3. The quantitative estimate of drug-likeness (QED) is 0.321. The van der Waals surface area contributed by atoms with Crippen LogP contribution in [-0.2, 0) is 23.1 Å². The van der Waals surface area contributed by atoms with E-state index >= 15 is 0 Å². The van der Waals surface area contributed by atoms with Crippen LogP contribution in [0, 0.1) is 6.92 Å². The lowest BCUT2D eigenvalue weighted by molar-refractivity contribution is 0.0389. The zero-order valence-electron chi connectivity index (χ0n) is 16.3. The zero-order valence-corrected chi connectivity index (χ0v) is 18.6. The van der Waals surface area contributed by atoms with Gasteiger partial charge >= 0.3 is 0 Å². The number of nitrogens with zero attached hydrogens (tertiary/aromatic N) is 5. The van der Waals surface area contributed by atoms with Crippen LogP contribution in [0.3, 0.4) is 0 Å². The number of halogens is 1. The molecule has 1 aromatic heterocycles. The van der Waals surface area contributed by atoms with Crippen LogP contribution < -0.4 is 10.6 Å². The lowest BCUT2D eigenvalue weighted by atomic mass is 10.2. The number of aliphatic imine (C=N–C) groups is 1. The van der Waals surface area contributed by atoms with E-state index in [0.717, 1.165) is 83.0 Å². The van der Waals surface area contributed by atoms with E-state index in [0.29, 0.717) is 6.54 Å². The van der Waals surface area contributed by atoms with Crippen molar-refractivity contribution in [3.63, 3.8) is 0 Å². The molecule has 1 unspecified atom stereocenters. The van der Waals surface area contributed by atoms with Gasteiger partial charge in [0.25, 0.3) is 0 Å². The van der Waals surface area contributed by atoms with Crippen LogP contribution in [0.2, 0.25) is 0 Å². The largest absolute Gasteiger partial charge is 0.379 e. The fraction of sp³-hybridized carbons (Fsp3) is 0.824. The van der Waals surface area contributed by atoms with Crippen molar-refractivity contribution in [3.05, 3.63) is 11.6 Å². The van der Waals surface area contributed by atoms with Gasteiger partial charge in [-0.05, 0) is 19.8 Å². The molecule has 27 heavy (non-hydrogen) atoms. The van der Waals surface area contributed by atoms with E-state index in [-0.39, 0.29) is 30.1 Å². The second-order valence-electron chi connectivity index (χ2n) is 6.78. The molecule has 0 amide bonds. The van der Waals surface area contributed by atoms with E-state index < -0.39 is 0 Å². The molecule has 0 bridgehead atoms. The minimum atomic E-state index is 0. The van der Waals surface area contributed by atoms with E-state index in [1.807, 2.05) is 18.5 Å². The van der Waals surface area contributed by atoms with Crippen LogP contribution in [0.15, 0.2) is 4.99 Å². The van der Waals surface area contributed by atoms with E-state index in [9.17, 15) is 0 Å². The van der Waals surface area contributed by atoms with E-state index in [2.05, 4.69) is 30.7 Å². The summed E-state index contributed by atoms with van der Waals surface area (Å²) in [5, 5.41) is 15.1. The van der Waals surface area contributed by atoms with Crippen molar-refractivity contribution in [2.75, 3.05) is 52.5 Å². The second kappa shape index (κ2) is 11.8. The molecule has 0 saturated carbocycles. The summed E-state index contributed by atoms with van der Waals surface area (Å²) in [4.78, 5) is 7.09. The molecule has 3 rings (SSSR count). The predicted molar refractivity (Wildman–Crippen MR) is 115 cm³/mol. The summed E-state index contributed by atoms with van der Waals surface area (Å²) < 4.78 is 13.1. The predicted octanol–water partition coefficient (Wildman–Crippen LogP) is 0.288. The van der Waals surface area contributed by atoms with Crippen molar-refractivity contribution >= 4 is 29.9 Å². The van der Waals surface area contributed by atoms with Crippen molar-refractivity contribution in [1.29, 1.82) is 0 Å². The van der Waals surface area contributed by atoms with Crippen molar-refractivity contribution in [2.24, 2.45) is 12.0 Å². The van der Waals surface area contributed by atoms with Gasteiger partial charge in [0.15, 0.2) is 11.8 Å². The number of aryl methyl sites for hydroxylation is 1. The van der Waals surface area contributed by atoms with Gasteiger partial charge in [-0.1, -0.05) is 0 Å². The number of hydrogen-bond acceptors (Lipinski definition) is 6. The normalized spacial score (nSPS) is 21.1. The molecule has 3 heterocycles. The van der Waals surface area contributed by atoms with Crippen LogP contribution >= 0.6 is 24.0 Å². The first-order chi connectivity index (χ1) is 12.7. The molecular weight excluding hydrogens is 461 g/mol. The van der Waals surface area contributed by atoms with Crippen LogP contribution in [0.4, 0.5) is 0 Å². The molecular formula is C17H32IN7O2. The van der Waals surface area contributed by atoms with Gasteiger partial charge in [0.2, 0.25) is 0 Å². The number of morpholine rings is 1. The highest BCUT2D eigenvalue weighted by Crippen LogP contribution is 2.10. The van der Waals surface area contributed by atoms with Gasteiger partial charge in [-0.3, -0.25) is 4.90 Å². The van der Waals surface area contributed by atoms with Crippen LogP contribution in [0.1, 0.15) is 24.5 Å². The van der Waals surface area contributed by atoms with Gasteiger partial charge in [0, 0.05) is 46.4 Å². The molecule has 2 aliphatic rings. The number of guanidine groups is 1. The smallest absolute Gasteiger partial charge is 0.191 e. The molecule has 1 aromatic rings. The minimum absolute atomic E-state index is 0. The van der Waals surface area contributed by atoms with Crippen molar-refractivity contribution in [1.82, 2.24) is 30.3 Å². The lowest BCUT2D eigenvalue weighted by Crippen LogP contribution is -2.45. The van der Waals surface area contributed by atoms with Gasteiger partial charge in [0.05, 0.1) is 19.3 Å². The van der Waals surface area contributed by atoms with Crippen LogP contribution in [0.25, 0.3) is 0 Å². The Hall–Kier alpha value is -0.980. The molecule has 2 aliphatic heterocycles. The Morgan fingerprint density at radius 2 is 2.04 bits per heavy atom. The minimum Gasteiger partial charge on any atom is -0.379 e. The van der Waals surface area contributed by atoms with Gasteiger partial charge < -0.3 is 24.7 Å². The van der Waals surface area contributed by atoms with Crippen molar-refractivity contribution < 1.29 is 9.47 Å². The summed E-state index contributed by atoms with van der Waals surface area (Å²) in [6, 6.07) is 0. The number of nitrogens with one attached hydrogen (secondary N) is 2. The molecule has 2 N–H and O–H groups in total. The summed E-state index contributed by atoms with van der Waals surface area (Å²) in [6.45, 7) is 9.54. The standard InChI is InChI=1S/C17H31N7O2.HI/c1-14-21-22-16(23(14)2)13-20-17(19-12-15-4-3-9-26-15)18-5-6-24-7-10-25-11-8-24;/h15H,3-13H2,1-2H3,(H2,18,19,20);1H. The molecule has 0 spiro atoms. The Labute approximate surface area is 178 Å². The van der Waals surface area contributed by atoms with Gasteiger partial charge in [-0.25, -0.2) is 4.99 Å². The first-order valence-electron chi connectivity index (χ1n) is 9.51. The highest BCUT2D eigenvalue weighted by molar-refractivity contribution is 14.0. The van der Waals surface area contributed by atoms with Gasteiger partial charge in [0.1, 0.15) is 12.4 Å². The zero-order chi connectivity index (χ0) is 18.2. The van der Waals surface area contributed by atoms with E-state index in [1.165, 1.54) is 0 Å². The van der Waals surface area contributed by atoms with Crippen molar-refractivity contribution in [3.8, 4) is 0 Å². The number of aromatic nitrogens is 3. The van der Waals surface area contributed by atoms with Crippen molar-refractivity contribution in [2.45, 2.75) is 32.4 Å². The Balaban J connectivity index is 0.00000261. The average molecular weight is 493 g/mol. The third-order valence-corrected chi connectivity index (χ3v) is 4.91. The van der Waals surface area contributed by atoms with Crippen LogP contribution in [0.5, 0.6) is 0 Å². The number of hydrogen-bond donors (Lipinski definition) is 2. The summed E-state index contributed by atoms with van der Waals surface area (Å²) >= 11 is 0. The molecule has 10 heteroatoms. The van der Waals surface area contributed by atoms with Gasteiger partial charge in [-0.15, -0.1) is 34.2 Å². The monoisotopic (exact) mass is 493 g/mol. The highest BCUT2D eigenvalue weighted by Gasteiger charge is 2.16. The Kier molecular flexibility index (Phi) is 9.73. The highest BCUT2D eigenvalue weighted by atomic mass is 127. The third kappa shape index (κ3) is 7.16. The maximum atomic E-state index is 5.69. The molecule has 0 aromatic carbocycles. The first-order valence-corrected chi connectivity index (χ1v) is 9.51. The average Bonchev–Trinajstić information content (AvgIpc) is 3.29. The molecule has 154 valence electrons. The fourth-order valence-electron chi connectivity index (χ4n) is 3.09. The van der Waals surface area contributed by atoms with E-state index in [1.54, 1.807) is 0 Å². The molecule has 1 atom stereocenters. The van der Waals surface area contributed by atoms with Crippen LogP contribution in [-0.4, -0.2) is 84.3 Å². The summed E-state index contributed by atoms with van der Waals surface area (Å²) in [7, 11) is 1.96. The van der Waals surface area contributed by atoms with Gasteiger partial charge in [-0.2, -0.15) is 0 Å². The molecule has 9 nitrogen and oxygen atoms in total. The second-order valence-corrected chi connectivity index (χ2v) is 6.78. The topological polar surface area (TPSA) is 88.8 Å². The maximum Gasteiger partial charge on any atom is 0.191 e. The lowest BCUT2D eigenvalue weighted by Gasteiger charge is -2.26. The Morgan fingerprint density at radius 3 is 2.70 bits per heavy atom.